The van der Waals surface area contributed by atoms with Crippen molar-refractivity contribution < 1.29 is 4.79 Å². The Morgan fingerprint density at radius 3 is 2.70 bits per heavy atom. The fraction of sp³-hybridized carbons (Fsp3) is 0.333. The molecule has 1 aromatic carbocycles. The molecular weight excluding hydrogens is 252 g/mol. The molecule has 0 fully saturated rings. The van der Waals surface area contributed by atoms with E-state index in [1.807, 2.05) is 37.3 Å². The molecule has 106 valence electrons. The number of aromatic amines is 1. The molecule has 0 aliphatic rings. The lowest BCUT2D eigenvalue weighted by molar-refractivity contribution is -0.122. The first-order valence-corrected chi connectivity index (χ1v) is 6.82. The Hall–Kier alpha value is -2.14. The minimum Gasteiger partial charge on any atom is -0.351 e. The van der Waals surface area contributed by atoms with Crippen molar-refractivity contribution in [1.82, 2.24) is 15.5 Å². The Labute approximate surface area is 118 Å². The highest BCUT2D eigenvalue weighted by Gasteiger charge is 2.11. The van der Waals surface area contributed by atoms with Gasteiger partial charge in [0.15, 0.2) is 0 Å². The molecular formula is C15H20N4O. The third kappa shape index (κ3) is 3.68. The summed E-state index contributed by atoms with van der Waals surface area (Å²) in [6.45, 7) is 2.51. The number of nitrogens with two attached hydrogens (primary N) is 1. The van der Waals surface area contributed by atoms with E-state index in [0.29, 0.717) is 13.0 Å². The highest BCUT2D eigenvalue weighted by atomic mass is 16.2. The van der Waals surface area contributed by atoms with Gasteiger partial charge >= 0.3 is 0 Å². The lowest BCUT2D eigenvalue weighted by atomic mass is 10.1. The third-order valence-electron chi connectivity index (χ3n) is 3.17. The monoisotopic (exact) mass is 272 g/mol. The molecule has 0 aliphatic heterocycles. The highest BCUT2D eigenvalue weighted by Crippen LogP contribution is 2.16. The first-order chi connectivity index (χ1) is 9.70. The Kier molecular flexibility index (Phi) is 4.90. The Morgan fingerprint density at radius 1 is 1.35 bits per heavy atom. The second kappa shape index (κ2) is 6.86. The lowest BCUT2D eigenvalue weighted by Crippen LogP contribution is -2.40. The van der Waals surface area contributed by atoms with Crippen molar-refractivity contribution in [3.63, 3.8) is 0 Å². The molecule has 4 N–H and O–H groups in total. The van der Waals surface area contributed by atoms with Crippen molar-refractivity contribution in [1.29, 1.82) is 0 Å². The number of carbonyl (C=O) groups is 1. The largest absolute Gasteiger partial charge is 0.351 e. The quantitative estimate of drug-likeness (QED) is 0.750. The summed E-state index contributed by atoms with van der Waals surface area (Å²) in [6, 6.07) is 9.48. The Bertz CT molecular complexity index is 534. The standard InChI is InChI=1S/C15H20N4O/c1-2-3-13(16)15(20)17-10-11-4-6-12(7-5-11)14-8-9-18-19-14/h4-9,13H,2-3,10,16H2,1H3,(H,17,20)(H,18,19). The number of nitrogens with one attached hydrogen (secondary N) is 2. The first kappa shape index (κ1) is 14.3. The minimum atomic E-state index is -0.413. The number of carbonyl (C=O) groups excluding carboxylic acids is 1. The van der Waals surface area contributed by atoms with Crippen molar-refractivity contribution in [3.05, 3.63) is 42.1 Å². The highest BCUT2D eigenvalue weighted by molar-refractivity contribution is 5.81. The summed E-state index contributed by atoms with van der Waals surface area (Å²) in [5.41, 5.74) is 8.85. The van der Waals surface area contributed by atoms with Crippen LogP contribution in [0.25, 0.3) is 11.3 Å². The number of benzene rings is 1. The molecule has 0 saturated carbocycles. The molecule has 5 heteroatoms. The van der Waals surface area contributed by atoms with E-state index in [4.69, 9.17) is 5.73 Å². The van der Waals surface area contributed by atoms with Gasteiger partial charge in [0.2, 0.25) is 5.91 Å². The van der Waals surface area contributed by atoms with Gasteiger partial charge < -0.3 is 11.1 Å². The second-order valence-electron chi connectivity index (χ2n) is 4.78. The minimum absolute atomic E-state index is 0.0931. The number of aromatic nitrogens is 2. The average molecular weight is 272 g/mol. The predicted octanol–water partition coefficient (Wildman–Crippen LogP) is 1.82. The van der Waals surface area contributed by atoms with Crippen LogP contribution in [-0.2, 0) is 11.3 Å². The Balaban J connectivity index is 1.90. The molecule has 5 nitrogen and oxygen atoms in total. The smallest absolute Gasteiger partial charge is 0.237 e. The zero-order chi connectivity index (χ0) is 14.4. The van der Waals surface area contributed by atoms with Gasteiger partial charge in [-0.15, -0.1) is 0 Å². The molecule has 1 amide bonds. The van der Waals surface area contributed by atoms with E-state index in [0.717, 1.165) is 23.2 Å². The molecule has 1 aromatic heterocycles. The summed E-state index contributed by atoms with van der Waals surface area (Å²) in [4.78, 5) is 11.7. The van der Waals surface area contributed by atoms with Crippen LogP contribution in [0, 0.1) is 0 Å². The first-order valence-electron chi connectivity index (χ1n) is 6.82. The van der Waals surface area contributed by atoms with Crippen LogP contribution in [0.4, 0.5) is 0 Å². The number of nitrogens with zero attached hydrogens (tertiary/aromatic N) is 1. The maximum absolute atomic E-state index is 11.7. The number of amides is 1. The van der Waals surface area contributed by atoms with Crippen LogP contribution >= 0.6 is 0 Å². The van der Waals surface area contributed by atoms with Crippen molar-refractivity contribution in [2.45, 2.75) is 32.4 Å². The zero-order valence-corrected chi connectivity index (χ0v) is 11.6. The maximum atomic E-state index is 11.7. The number of hydrogen-bond acceptors (Lipinski definition) is 3. The SMILES string of the molecule is CCCC(N)C(=O)NCc1ccc(-c2ccn[nH]2)cc1. The van der Waals surface area contributed by atoms with Crippen LogP contribution in [-0.4, -0.2) is 22.1 Å². The van der Waals surface area contributed by atoms with Crippen LogP contribution in [0.15, 0.2) is 36.5 Å². The molecule has 0 aliphatic carbocycles. The fourth-order valence-corrected chi connectivity index (χ4v) is 1.98. The molecule has 20 heavy (non-hydrogen) atoms. The molecule has 0 spiro atoms. The molecule has 0 radical (unpaired) electrons. The molecule has 2 aromatic rings. The fourth-order valence-electron chi connectivity index (χ4n) is 1.98. The lowest BCUT2D eigenvalue weighted by Gasteiger charge is -2.11. The molecule has 1 atom stereocenters. The topological polar surface area (TPSA) is 83.8 Å². The van der Waals surface area contributed by atoms with Crippen LogP contribution in [0.1, 0.15) is 25.3 Å². The van der Waals surface area contributed by atoms with Gasteiger partial charge in [0.1, 0.15) is 0 Å². The van der Waals surface area contributed by atoms with Crippen LogP contribution in [0.3, 0.4) is 0 Å². The van der Waals surface area contributed by atoms with Crippen molar-refractivity contribution >= 4 is 5.91 Å². The van der Waals surface area contributed by atoms with E-state index < -0.39 is 6.04 Å². The molecule has 0 saturated heterocycles. The van der Waals surface area contributed by atoms with E-state index in [-0.39, 0.29) is 5.91 Å². The summed E-state index contributed by atoms with van der Waals surface area (Å²) in [5, 5.41) is 9.69. The van der Waals surface area contributed by atoms with Crippen molar-refractivity contribution in [2.24, 2.45) is 5.73 Å². The summed E-state index contributed by atoms with van der Waals surface area (Å²) < 4.78 is 0. The van der Waals surface area contributed by atoms with Gasteiger partial charge in [-0.1, -0.05) is 37.6 Å². The van der Waals surface area contributed by atoms with Gasteiger partial charge in [0.05, 0.1) is 11.7 Å². The summed E-state index contributed by atoms with van der Waals surface area (Å²) in [6.07, 6.45) is 3.34. The number of hydrogen-bond donors (Lipinski definition) is 3. The zero-order valence-electron chi connectivity index (χ0n) is 11.6. The molecule has 1 unspecified atom stereocenters. The van der Waals surface area contributed by atoms with Crippen LogP contribution in [0.5, 0.6) is 0 Å². The Morgan fingerprint density at radius 2 is 2.10 bits per heavy atom. The summed E-state index contributed by atoms with van der Waals surface area (Å²) in [5.74, 6) is -0.0931. The van der Waals surface area contributed by atoms with Crippen LogP contribution < -0.4 is 11.1 Å². The van der Waals surface area contributed by atoms with Crippen molar-refractivity contribution in [3.8, 4) is 11.3 Å². The van der Waals surface area contributed by atoms with E-state index in [1.165, 1.54) is 0 Å². The van der Waals surface area contributed by atoms with Crippen LogP contribution in [0.2, 0.25) is 0 Å². The summed E-state index contributed by atoms with van der Waals surface area (Å²) in [7, 11) is 0. The van der Waals surface area contributed by atoms with E-state index in [9.17, 15) is 4.79 Å². The van der Waals surface area contributed by atoms with Gasteiger partial charge in [-0.25, -0.2) is 0 Å². The van der Waals surface area contributed by atoms with Gasteiger partial charge in [-0.3, -0.25) is 9.89 Å². The van der Waals surface area contributed by atoms with E-state index in [1.54, 1.807) is 6.20 Å². The molecule has 0 bridgehead atoms. The predicted molar refractivity (Wildman–Crippen MR) is 78.8 cm³/mol. The van der Waals surface area contributed by atoms with Gasteiger partial charge in [0, 0.05) is 12.7 Å². The van der Waals surface area contributed by atoms with Gasteiger partial charge in [-0.05, 0) is 23.6 Å². The molecule has 1 heterocycles. The second-order valence-corrected chi connectivity index (χ2v) is 4.78. The average Bonchev–Trinajstić information content (AvgIpc) is 2.99. The normalized spacial score (nSPS) is 12.1. The van der Waals surface area contributed by atoms with Gasteiger partial charge in [0.25, 0.3) is 0 Å². The number of H-pyrrole nitrogens is 1. The van der Waals surface area contributed by atoms with E-state index >= 15 is 0 Å². The van der Waals surface area contributed by atoms with E-state index in [2.05, 4.69) is 15.5 Å². The van der Waals surface area contributed by atoms with Crippen molar-refractivity contribution in [2.75, 3.05) is 0 Å². The maximum Gasteiger partial charge on any atom is 0.237 e. The third-order valence-corrected chi connectivity index (χ3v) is 3.17. The number of rotatable bonds is 6. The molecule has 2 rings (SSSR count). The summed E-state index contributed by atoms with van der Waals surface area (Å²) >= 11 is 0. The van der Waals surface area contributed by atoms with Gasteiger partial charge in [-0.2, -0.15) is 5.10 Å².